The van der Waals surface area contributed by atoms with Crippen LogP contribution in [-0.4, -0.2) is 40.9 Å². The zero-order valence-electron chi connectivity index (χ0n) is 8.63. The van der Waals surface area contributed by atoms with Crippen molar-refractivity contribution in [2.75, 3.05) is 13.7 Å². The normalized spacial score (nSPS) is 28.8. The average molecular weight is 209 g/mol. The summed E-state index contributed by atoms with van der Waals surface area (Å²) in [5.41, 5.74) is -0.720. The number of hydrogen-bond donors (Lipinski definition) is 2. The Morgan fingerprint density at radius 1 is 1.67 bits per heavy atom. The molecule has 0 spiro atoms. The first-order valence-electron chi connectivity index (χ1n) is 4.63. The highest BCUT2D eigenvalue weighted by Crippen LogP contribution is 2.32. The minimum atomic E-state index is -1.03. The van der Waals surface area contributed by atoms with Gasteiger partial charge in [-0.2, -0.15) is 0 Å². The molecule has 1 unspecified atom stereocenters. The lowest BCUT2D eigenvalue weighted by Gasteiger charge is -2.38. The Morgan fingerprint density at radius 2 is 2.33 bits per heavy atom. The number of rotatable bonds is 3. The summed E-state index contributed by atoms with van der Waals surface area (Å²) in [7, 11) is 1.48. The molecule has 0 bridgehead atoms. The van der Waals surface area contributed by atoms with Crippen LogP contribution < -0.4 is 0 Å². The number of amides is 1. The van der Waals surface area contributed by atoms with Crippen LogP contribution in [0.3, 0.4) is 0 Å². The topological polar surface area (TPSA) is 60.8 Å². The van der Waals surface area contributed by atoms with Gasteiger partial charge < -0.3 is 15.1 Å². The first kappa shape index (κ1) is 11.5. The van der Waals surface area contributed by atoms with E-state index in [-0.39, 0.29) is 6.61 Å². The predicted molar refractivity (Wildman–Crippen MR) is 57.6 cm³/mol. The number of carbonyl (C=O) groups is 1. The highest BCUT2D eigenvalue weighted by atomic mass is 16.4. The summed E-state index contributed by atoms with van der Waals surface area (Å²) in [5, 5.41) is 18.3. The molecule has 1 aliphatic carbocycles. The van der Waals surface area contributed by atoms with E-state index >= 15 is 0 Å². The molecular weight excluding hydrogens is 194 g/mol. The van der Waals surface area contributed by atoms with Crippen LogP contribution >= 0.6 is 0 Å². The fraction of sp³-hybridized carbons (Fsp3) is 0.364. The first-order valence-corrected chi connectivity index (χ1v) is 4.63. The average Bonchev–Trinajstić information content (AvgIpc) is 2.27. The molecule has 0 aromatic heterocycles. The molecule has 0 aromatic carbocycles. The molecule has 0 fully saturated rings. The molecule has 2 N–H and O–H groups in total. The molecule has 15 heavy (non-hydrogen) atoms. The second-order valence-electron chi connectivity index (χ2n) is 3.56. The molecule has 0 heterocycles. The summed E-state index contributed by atoms with van der Waals surface area (Å²) in [6.07, 6.45) is 7.61. The van der Waals surface area contributed by atoms with Crippen molar-refractivity contribution in [3.05, 3.63) is 37.0 Å². The van der Waals surface area contributed by atoms with Crippen molar-refractivity contribution in [1.29, 1.82) is 0 Å². The number of allylic oxidation sites excluding steroid dienone is 2. The van der Waals surface area contributed by atoms with Crippen molar-refractivity contribution in [1.82, 2.24) is 4.90 Å². The summed E-state index contributed by atoms with van der Waals surface area (Å²) in [6.45, 7) is 3.49. The van der Waals surface area contributed by atoms with Gasteiger partial charge in [0.15, 0.2) is 0 Å². The van der Waals surface area contributed by atoms with Gasteiger partial charge in [0.25, 0.3) is 0 Å². The Bertz CT molecular complexity index is 322. The van der Waals surface area contributed by atoms with E-state index in [2.05, 4.69) is 6.58 Å². The quantitative estimate of drug-likeness (QED) is 0.688. The van der Waals surface area contributed by atoms with Crippen molar-refractivity contribution >= 4 is 6.09 Å². The second kappa shape index (κ2) is 4.31. The van der Waals surface area contributed by atoms with Gasteiger partial charge in [-0.25, -0.2) is 4.79 Å². The fourth-order valence-corrected chi connectivity index (χ4v) is 1.69. The van der Waals surface area contributed by atoms with Gasteiger partial charge in [0.2, 0.25) is 0 Å². The number of hydrogen-bond acceptors (Lipinski definition) is 2. The molecule has 1 aliphatic rings. The van der Waals surface area contributed by atoms with Gasteiger partial charge in [0, 0.05) is 7.05 Å². The van der Waals surface area contributed by atoms with E-state index in [1.54, 1.807) is 30.4 Å². The Kier molecular flexibility index (Phi) is 3.31. The summed E-state index contributed by atoms with van der Waals surface area (Å²) in [6, 6.07) is -0.414. The van der Waals surface area contributed by atoms with Crippen molar-refractivity contribution in [2.24, 2.45) is 5.41 Å². The number of aliphatic hydroxyl groups is 1. The predicted octanol–water partition coefficient (Wildman–Crippen LogP) is 1.26. The van der Waals surface area contributed by atoms with E-state index < -0.39 is 17.6 Å². The lowest BCUT2D eigenvalue weighted by molar-refractivity contribution is 0.101. The fourth-order valence-electron chi connectivity index (χ4n) is 1.69. The maximum Gasteiger partial charge on any atom is 0.407 e. The summed E-state index contributed by atoms with van der Waals surface area (Å²) >= 11 is 0. The minimum absolute atomic E-state index is 0.167. The van der Waals surface area contributed by atoms with E-state index in [0.29, 0.717) is 0 Å². The molecule has 1 amide bonds. The molecule has 0 aliphatic heterocycles. The molecule has 0 radical (unpaired) electrons. The van der Waals surface area contributed by atoms with Crippen molar-refractivity contribution < 1.29 is 15.0 Å². The van der Waals surface area contributed by atoms with Crippen molar-refractivity contribution in [2.45, 2.75) is 6.04 Å². The third-order valence-corrected chi connectivity index (χ3v) is 2.73. The highest BCUT2D eigenvalue weighted by molar-refractivity contribution is 5.66. The maximum absolute atomic E-state index is 10.9. The molecular formula is C11H15NO3. The zero-order valence-corrected chi connectivity index (χ0v) is 8.63. The lowest BCUT2D eigenvalue weighted by Crippen LogP contribution is -2.48. The number of likely N-dealkylation sites (N-methyl/N-ethyl adjacent to an activating group) is 1. The molecule has 4 heteroatoms. The third-order valence-electron chi connectivity index (χ3n) is 2.73. The number of carboxylic acid groups (broad SMARTS) is 1. The molecule has 82 valence electrons. The Balaban J connectivity index is 3.04. The smallest absolute Gasteiger partial charge is 0.407 e. The molecule has 0 saturated carbocycles. The van der Waals surface area contributed by atoms with Crippen LogP contribution in [0.15, 0.2) is 37.0 Å². The lowest BCUT2D eigenvalue weighted by atomic mass is 9.77. The van der Waals surface area contributed by atoms with Gasteiger partial charge in [0.05, 0.1) is 18.1 Å². The van der Waals surface area contributed by atoms with Gasteiger partial charge in [-0.1, -0.05) is 30.4 Å². The van der Waals surface area contributed by atoms with Gasteiger partial charge in [0.1, 0.15) is 0 Å². The van der Waals surface area contributed by atoms with Crippen molar-refractivity contribution in [3.63, 3.8) is 0 Å². The monoisotopic (exact) mass is 209 g/mol. The van der Waals surface area contributed by atoms with Crippen LogP contribution in [0, 0.1) is 5.41 Å². The van der Waals surface area contributed by atoms with Crippen molar-refractivity contribution in [3.8, 4) is 0 Å². The van der Waals surface area contributed by atoms with Crippen LogP contribution in [0.25, 0.3) is 0 Å². The zero-order chi connectivity index (χ0) is 11.5. The summed E-state index contributed by atoms with van der Waals surface area (Å²) < 4.78 is 0. The summed E-state index contributed by atoms with van der Waals surface area (Å²) in [4.78, 5) is 12.0. The van der Waals surface area contributed by atoms with Gasteiger partial charge in [-0.3, -0.25) is 0 Å². The maximum atomic E-state index is 10.9. The Hall–Kier alpha value is -1.55. The third kappa shape index (κ3) is 1.94. The Labute approximate surface area is 88.8 Å². The Morgan fingerprint density at radius 3 is 2.80 bits per heavy atom. The van der Waals surface area contributed by atoms with E-state index in [0.717, 1.165) is 4.90 Å². The van der Waals surface area contributed by atoms with Crippen LogP contribution in [0.2, 0.25) is 0 Å². The molecule has 2 atom stereocenters. The largest absolute Gasteiger partial charge is 0.465 e. The highest BCUT2D eigenvalue weighted by Gasteiger charge is 2.37. The van der Waals surface area contributed by atoms with Crippen LogP contribution in [0.5, 0.6) is 0 Å². The van der Waals surface area contributed by atoms with E-state index in [9.17, 15) is 9.90 Å². The second-order valence-corrected chi connectivity index (χ2v) is 3.56. The van der Waals surface area contributed by atoms with E-state index in [4.69, 9.17) is 5.11 Å². The standard InChI is InChI=1S/C11H15NO3/c1-3-11(8-13)7-5-4-6-9(11)12(2)10(14)15/h3-7,9,13H,1,8H2,2H3,(H,14,15)/t9?,11-/m0/s1. The minimum Gasteiger partial charge on any atom is -0.465 e. The van der Waals surface area contributed by atoms with Crippen LogP contribution in [0.4, 0.5) is 4.79 Å². The number of nitrogens with zero attached hydrogens (tertiary/aromatic N) is 1. The molecule has 0 aromatic rings. The molecule has 4 nitrogen and oxygen atoms in total. The van der Waals surface area contributed by atoms with Gasteiger partial charge in [-0.15, -0.1) is 6.58 Å². The SMILES string of the molecule is C=C[C@@]1(CO)C=CC=CC1N(C)C(=O)O. The van der Waals surface area contributed by atoms with E-state index in [1.807, 2.05) is 0 Å². The van der Waals surface area contributed by atoms with Gasteiger partial charge >= 0.3 is 6.09 Å². The molecule has 1 rings (SSSR count). The summed E-state index contributed by atoms with van der Waals surface area (Å²) in [5.74, 6) is 0. The molecule has 0 saturated heterocycles. The van der Waals surface area contributed by atoms with Crippen LogP contribution in [-0.2, 0) is 0 Å². The number of aliphatic hydroxyl groups excluding tert-OH is 1. The van der Waals surface area contributed by atoms with Crippen LogP contribution in [0.1, 0.15) is 0 Å². The van der Waals surface area contributed by atoms with E-state index in [1.165, 1.54) is 7.05 Å². The van der Waals surface area contributed by atoms with Gasteiger partial charge in [-0.05, 0) is 0 Å². The first-order chi connectivity index (χ1) is 7.07.